The van der Waals surface area contributed by atoms with E-state index in [0.29, 0.717) is 11.2 Å². The lowest BCUT2D eigenvalue weighted by Crippen LogP contribution is -2.31. The van der Waals surface area contributed by atoms with Crippen molar-refractivity contribution in [1.82, 2.24) is 14.9 Å². The average Bonchev–Trinajstić information content (AvgIpc) is 3.51. The number of carbonyl (C=O) groups excluding carboxylic acids is 1. The van der Waals surface area contributed by atoms with E-state index in [2.05, 4.69) is 50.6 Å². The average molecular weight is 504 g/mol. The van der Waals surface area contributed by atoms with Gasteiger partial charge in [-0.2, -0.15) is 0 Å². The van der Waals surface area contributed by atoms with E-state index in [0.717, 1.165) is 22.6 Å². The molecule has 2 atom stereocenters. The van der Waals surface area contributed by atoms with Crippen molar-refractivity contribution >= 4 is 34.6 Å². The van der Waals surface area contributed by atoms with Crippen LogP contribution < -0.4 is 15.5 Å². The number of anilines is 2. The normalized spacial score (nSPS) is 20.4. The summed E-state index contributed by atoms with van der Waals surface area (Å²) in [6.07, 6.45) is 10.3. The van der Waals surface area contributed by atoms with Gasteiger partial charge in [0.15, 0.2) is 5.11 Å². The number of amides is 1. The third-order valence-electron chi connectivity index (χ3n) is 7.22. The van der Waals surface area contributed by atoms with Crippen molar-refractivity contribution < 1.29 is 9.53 Å². The molecule has 2 aromatic heterocycles. The van der Waals surface area contributed by atoms with E-state index in [-0.39, 0.29) is 24.6 Å². The van der Waals surface area contributed by atoms with Gasteiger partial charge in [-0.25, -0.2) is 0 Å². The summed E-state index contributed by atoms with van der Waals surface area (Å²) in [5, 5.41) is 7.16. The van der Waals surface area contributed by atoms with Crippen LogP contribution in [0.1, 0.15) is 67.2 Å². The van der Waals surface area contributed by atoms with E-state index >= 15 is 0 Å². The summed E-state index contributed by atoms with van der Waals surface area (Å²) in [5.41, 5.74) is 4.91. The lowest BCUT2D eigenvalue weighted by Gasteiger charge is -2.32. The van der Waals surface area contributed by atoms with Crippen molar-refractivity contribution in [3.63, 3.8) is 0 Å². The Labute approximate surface area is 217 Å². The highest BCUT2D eigenvalue weighted by Gasteiger charge is 2.42. The molecule has 3 aromatic rings. The Balaban J connectivity index is 1.54. The lowest BCUT2D eigenvalue weighted by molar-refractivity contribution is -0.119. The molecule has 3 heterocycles. The van der Waals surface area contributed by atoms with Crippen LogP contribution in [0.25, 0.3) is 0 Å². The molecule has 1 saturated heterocycles. The number of hydrogen-bond acceptors (Lipinski definition) is 4. The number of rotatable bonds is 7. The van der Waals surface area contributed by atoms with Gasteiger partial charge in [0.25, 0.3) is 0 Å². The van der Waals surface area contributed by atoms with Gasteiger partial charge in [-0.05, 0) is 80.0 Å². The van der Waals surface area contributed by atoms with Gasteiger partial charge < -0.3 is 24.8 Å². The molecule has 0 radical (unpaired) electrons. The molecule has 1 aliphatic heterocycles. The summed E-state index contributed by atoms with van der Waals surface area (Å²) in [5.74, 6) is -0.176. The highest BCUT2D eigenvalue weighted by atomic mass is 32.1. The van der Waals surface area contributed by atoms with Gasteiger partial charge in [0.2, 0.25) is 5.91 Å². The number of hydrogen-bond donors (Lipinski definition) is 2. The molecule has 2 aliphatic rings. The van der Waals surface area contributed by atoms with Gasteiger partial charge in [-0.15, -0.1) is 0 Å². The van der Waals surface area contributed by atoms with Crippen LogP contribution in [0.3, 0.4) is 0 Å². The fourth-order valence-electron chi connectivity index (χ4n) is 5.54. The fraction of sp³-hybridized carbons (Fsp3) is 0.393. The lowest BCUT2D eigenvalue weighted by atomic mass is 9.94. The number of ether oxygens (including phenoxy) is 1. The van der Waals surface area contributed by atoms with Crippen LogP contribution in [-0.4, -0.2) is 34.3 Å². The number of nitrogens with one attached hydrogen (secondary N) is 2. The van der Waals surface area contributed by atoms with Crippen LogP contribution in [0.5, 0.6) is 0 Å². The molecule has 0 unspecified atom stereocenters. The van der Waals surface area contributed by atoms with Crippen molar-refractivity contribution in [2.24, 2.45) is 0 Å². The first-order valence-corrected chi connectivity index (χ1v) is 13.0. The van der Waals surface area contributed by atoms with E-state index < -0.39 is 0 Å². The number of thiocarbonyl (C=S) groups is 1. The summed E-state index contributed by atoms with van der Waals surface area (Å²) in [7, 11) is 1.51. The topological polar surface area (TPSA) is 71.4 Å². The molecule has 0 spiro atoms. The van der Waals surface area contributed by atoms with Gasteiger partial charge in [0, 0.05) is 42.6 Å². The first-order chi connectivity index (χ1) is 17.6. The summed E-state index contributed by atoms with van der Waals surface area (Å²) in [6, 6.07) is 16.8. The zero-order valence-corrected chi connectivity index (χ0v) is 21.6. The van der Waals surface area contributed by atoms with Crippen LogP contribution in [0.4, 0.5) is 11.4 Å². The Morgan fingerprint density at radius 2 is 2.00 bits per heavy atom. The Bertz CT molecular complexity index is 1220. The van der Waals surface area contributed by atoms with E-state index in [1.807, 2.05) is 37.4 Å². The van der Waals surface area contributed by atoms with Crippen molar-refractivity contribution in [2.75, 3.05) is 23.9 Å². The minimum Gasteiger partial charge on any atom is -0.375 e. The maximum atomic E-state index is 12.1. The van der Waals surface area contributed by atoms with Crippen LogP contribution in [0.2, 0.25) is 0 Å². The fourth-order valence-corrected chi connectivity index (χ4v) is 5.88. The summed E-state index contributed by atoms with van der Waals surface area (Å²) >= 11 is 5.92. The second kappa shape index (κ2) is 10.8. The van der Waals surface area contributed by atoms with Crippen LogP contribution in [-0.2, 0) is 9.53 Å². The van der Waals surface area contributed by atoms with Gasteiger partial charge in [-0.3, -0.25) is 9.78 Å². The Morgan fingerprint density at radius 3 is 2.72 bits per heavy atom. The molecule has 1 aromatic carbocycles. The Kier molecular flexibility index (Phi) is 7.34. The van der Waals surface area contributed by atoms with E-state index in [9.17, 15) is 4.79 Å². The quantitative estimate of drug-likeness (QED) is 0.417. The summed E-state index contributed by atoms with van der Waals surface area (Å²) in [4.78, 5) is 19.0. The molecular weight excluding hydrogens is 470 g/mol. The monoisotopic (exact) mass is 503 g/mol. The molecule has 2 fully saturated rings. The van der Waals surface area contributed by atoms with Crippen LogP contribution in [0.15, 0.2) is 60.9 Å². The highest BCUT2D eigenvalue weighted by molar-refractivity contribution is 7.80. The largest absolute Gasteiger partial charge is 0.375 e. The van der Waals surface area contributed by atoms with Gasteiger partial charge in [-0.1, -0.05) is 25.3 Å². The molecule has 1 amide bonds. The number of methoxy groups -OCH3 is 1. The number of carbonyl (C=O) groups is 1. The number of nitrogens with zero attached hydrogens (tertiary/aromatic N) is 3. The van der Waals surface area contributed by atoms with Gasteiger partial charge >= 0.3 is 0 Å². The smallest absolute Gasteiger partial charge is 0.250 e. The van der Waals surface area contributed by atoms with E-state index in [4.69, 9.17) is 21.9 Å². The van der Waals surface area contributed by atoms with Crippen molar-refractivity contribution in [2.45, 2.75) is 57.2 Å². The second-order valence-electron chi connectivity index (χ2n) is 9.61. The molecule has 0 bridgehead atoms. The molecular formula is C28H33N5O2S. The van der Waals surface area contributed by atoms with Crippen LogP contribution in [0, 0.1) is 6.92 Å². The second-order valence-corrected chi connectivity index (χ2v) is 10.00. The zero-order valence-electron chi connectivity index (χ0n) is 20.8. The number of aryl methyl sites for hydroxylation is 1. The van der Waals surface area contributed by atoms with Gasteiger partial charge in [0.1, 0.15) is 12.6 Å². The van der Waals surface area contributed by atoms with E-state index in [1.165, 1.54) is 44.9 Å². The van der Waals surface area contributed by atoms with Crippen molar-refractivity contribution in [1.29, 1.82) is 0 Å². The predicted molar refractivity (Wildman–Crippen MR) is 146 cm³/mol. The van der Waals surface area contributed by atoms with Gasteiger partial charge in [0.05, 0.1) is 11.7 Å². The Morgan fingerprint density at radius 1 is 1.17 bits per heavy atom. The molecule has 8 heteroatoms. The highest BCUT2D eigenvalue weighted by Crippen LogP contribution is 2.44. The SMILES string of the molecule is COCC(=O)Nc1ccc(N2C(=S)N[C@@H](c3ccccn3)[C@H]2c2cccn2C2CCCCC2)cc1C. The maximum Gasteiger partial charge on any atom is 0.250 e. The number of benzene rings is 1. The molecule has 5 rings (SSSR count). The van der Waals surface area contributed by atoms with Crippen molar-refractivity contribution in [3.05, 3.63) is 77.9 Å². The Hall–Kier alpha value is -3.23. The van der Waals surface area contributed by atoms with E-state index in [1.54, 1.807) is 0 Å². The number of aromatic nitrogens is 2. The first kappa shape index (κ1) is 24.5. The third-order valence-corrected chi connectivity index (χ3v) is 7.53. The van der Waals surface area contributed by atoms with Crippen LogP contribution >= 0.6 is 12.2 Å². The predicted octanol–water partition coefficient (Wildman–Crippen LogP) is 5.46. The number of pyridine rings is 1. The summed E-state index contributed by atoms with van der Waals surface area (Å²) in [6.45, 7) is 2.02. The standard InChI is InChI=1S/C28H33N5O2S/c1-19-17-21(13-14-22(19)30-25(34)18-35-2)33-27(26(31-28(33)36)23-11-6-7-15-29-23)24-12-8-16-32(24)20-9-4-3-5-10-20/h6-8,11-17,20,26-27H,3-5,9-10,18H2,1-2H3,(H,30,34)(H,31,36)/t26-,27+/m0/s1. The minimum atomic E-state index is -0.176. The first-order valence-electron chi connectivity index (χ1n) is 12.6. The zero-order chi connectivity index (χ0) is 25.1. The maximum absolute atomic E-state index is 12.1. The third kappa shape index (κ3) is 4.88. The molecule has 1 saturated carbocycles. The summed E-state index contributed by atoms with van der Waals surface area (Å²) < 4.78 is 7.42. The molecule has 1 aliphatic carbocycles. The van der Waals surface area contributed by atoms with Crippen molar-refractivity contribution in [3.8, 4) is 0 Å². The molecule has 2 N–H and O–H groups in total. The molecule has 188 valence electrons. The molecule has 7 nitrogen and oxygen atoms in total. The molecule has 36 heavy (non-hydrogen) atoms. The minimum absolute atomic E-state index is 0.0211.